The minimum atomic E-state index is -1.31. The Balaban J connectivity index is 2.96. The van der Waals surface area contributed by atoms with Gasteiger partial charge in [-0.2, -0.15) is 0 Å². The maximum atomic E-state index is 12.8. The molecule has 0 spiro atoms. The van der Waals surface area contributed by atoms with Crippen molar-refractivity contribution >= 4 is 29.5 Å². The average molecular weight is 424 g/mol. The van der Waals surface area contributed by atoms with Crippen LogP contribution in [0.5, 0.6) is 0 Å². The van der Waals surface area contributed by atoms with Crippen molar-refractivity contribution < 1.29 is 33.4 Å². The topological polar surface area (TPSA) is 120 Å². The number of allylic oxidation sites excluding steroid dienone is 1. The second kappa shape index (κ2) is 11.5. The van der Waals surface area contributed by atoms with Crippen molar-refractivity contribution in [1.82, 2.24) is 5.32 Å². The zero-order valence-corrected chi connectivity index (χ0v) is 18.7. The predicted octanol–water partition coefficient (Wildman–Crippen LogP) is 1.80. The molecule has 168 valence electrons. The summed E-state index contributed by atoms with van der Waals surface area (Å²) in [5.74, 6) is -4.84. The second-order valence-electron chi connectivity index (χ2n) is 7.77. The molecule has 0 fully saturated rings. The van der Waals surface area contributed by atoms with Gasteiger partial charge in [-0.1, -0.05) is 13.8 Å². The zero-order valence-electron chi connectivity index (χ0n) is 18.7. The van der Waals surface area contributed by atoms with E-state index < -0.39 is 42.3 Å². The summed E-state index contributed by atoms with van der Waals surface area (Å²) in [4.78, 5) is 53.8. The van der Waals surface area contributed by atoms with Gasteiger partial charge in [0.1, 0.15) is 11.8 Å². The molecule has 1 N–H and O–H groups in total. The second-order valence-corrected chi connectivity index (χ2v) is 7.77. The molecule has 1 rings (SSSR count). The highest BCUT2D eigenvalue weighted by Crippen LogP contribution is 2.33. The van der Waals surface area contributed by atoms with Crippen molar-refractivity contribution in [3.8, 4) is 0 Å². The van der Waals surface area contributed by atoms with Crippen molar-refractivity contribution in [2.24, 2.45) is 22.7 Å². The minimum Gasteiger partial charge on any atom is -0.468 e. The lowest BCUT2D eigenvalue weighted by Gasteiger charge is -2.29. The molecule has 0 saturated carbocycles. The van der Waals surface area contributed by atoms with Crippen LogP contribution >= 0.6 is 0 Å². The molecule has 0 saturated heterocycles. The number of hydrogen-bond acceptors (Lipinski definition) is 8. The monoisotopic (exact) mass is 424 g/mol. The number of carbonyl (C=O) groups excluding carboxylic acids is 4. The maximum absolute atomic E-state index is 12.8. The van der Waals surface area contributed by atoms with Gasteiger partial charge < -0.3 is 19.5 Å². The Morgan fingerprint density at radius 2 is 1.60 bits per heavy atom. The van der Waals surface area contributed by atoms with Gasteiger partial charge in [0.15, 0.2) is 6.61 Å². The van der Waals surface area contributed by atoms with Crippen LogP contribution in [0.3, 0.4) is 0 Å². The Kier molecular flexibility index (Phi) is 9.68. The summed E-state index contributed by atoms with van der Waals surface area (Å²) in [5.41, 5.74) is 0.461. The summed E-state index contributed by atoms with van der Waals surface area (Å²) >= 11 is 0. The third kappa shape index (κ3) is 6.67. The number of carbonyl (C=O) groups is 4. The molecular weight excluding hydrogens is 392 g/mol. The smallest absolute Gasteiger partial charge is 0.336 e. The van der Waals surface area contributed by atoms with E-state index in [4.69, 9.17) is 14.2 Å². The number of aliphatic imine (C=N–C) groups is 1. The Labute approximate surface area is 177 Å². The van der Waals surface area contributed by atoms with Crippen LogP contribution in [-0.2, 0) is 33.4 Å². The number of amides is 1. The summed E-state index contributed by atoms with van der Waals surface area (Å²) in [6.45, 7) is 8.63. The van der Waals surface area contributed by atoms with E-state index in [1.165, 1.54) is 14.0 Å². The first kappa shape index (κ1) is 25.3. The molecular formula is C21H32N2O7. The zero-order chi connectivity index (χ0) is 23.0. The number of rotatable bonds is 9. The molecule has 0 aromatic carbocycles. The molecule has 0 bridgehead atoms. The lowest BCUT2D eigenvalue weighted by Crippen LogP contribution is -2.43. The number of methoxy groups -OCH3 is 2. The minimum absolute atomic E-state index is 0.0711. The van der Waals surface area contributed by atoms with Crippen molar-refractivity contribution in [2.45, 2.75) is 53.5 Å². The molecule has 9 nitrogen and oxygen atoms in total. The molecule has 1 heterocycles. The standard InChI is InChI=1S/C21H32N2O7/c1-11(2)8-9-12(3)22-15(24)10-30-21(27)18-16(19(25)28-6)13(4)23-14(5)17(18)20(26)29-7/h11-12,16,18H,8-10H2,1-7H3,(H,22,24)/t12-,16?,18+/m1/s1. The van der Waals surface area contributed by atoms with Crippen LogP contribution in [0.1, 0.15) is 47.5 Å². The number of ether oxygens (including phenoxy) is 3. The van der Waals surface area contributed by atoms with E-state index in [0.717, 1.165) is 20.0 Å². The van der Waals surface area contributed by atoms with Crippen molar-refractivity contribution in [1.29, 1.82) is 0 Å². The van der Waals surface area contributed by atoms with Crippen molar-refractivity contribution in [3.63, 3.8) is 0 Å². The predicted molar refractivity (Wildman–Crippen MR) is 109 cm³/mol. The molecule has 1 aliphatic rings. The van der Waals surface area contributed by atoms with E-state index in [1.807, 2.05) is 6.92 Å². The molecule has 0 radical (unpaired) electrons. The molecule has 30 heavy (non-hydrogen) atoms. The molecule has 0 aromatic rings. The van der Waals surface area contributed by atoms with E-state index in [2.05, 4.69) is 24.2 Å². The van der Waals surface area contributed by atoms with Crippen LogP contribution in [0.2, 0.25) is 0 Å². The average Bonchev–Trinajstić information content (AvgIpc) is 2.68. The Morgan fingerprint density at radius 1 is 0.967 bits per heavy atom. The van der Waals surface area contributed by atoms with Crippen LogP contribution in [0.4, 0.5) is 0 Å². The third-order valence-corrected chi connectivity index (χ3v) is 4.87. The molecule has 9 heteroatoms. The quantitative estimate of drug-likeness (QED) is 0.442. The van der Waals surface area contributed by atoms with Gasteiger partial charge in [0.05, 0.1) is 19.8 Å². The highest BCUT2D eigenvalue weighted by atomic mass is 16.5. The molecule has 0 aromatic heterocycles. The number of nitrogens with zero attached hydrogens (tertiary/aromatic N) is 1. The third-order valence-electron chi connectivity index (χ3n) is 4.87. The van der Waals surface area contributed by atoms with Gasteiger partial charge in [0, 0.05) is 17.5 Å². The summed E-state index contributed by atoms with van der Waals surface area (Å²) in [6.07, 6.45) is 1.75. The fraction of sp³-hybridized carbons (Fsp3) is 0.667. The van der Waals surface area contributed by atoms with Gasteiger partial charge in [-0.25, -0.2) is 4.79 Å². The Bertz CT molecular complexity index is 740. The van der Waals surface area contributed by atoms with E-state index in [9.17, 15) is 19.2 Å². The summed E-state index contributed by atoms with van der Waals surface area (Å²) in [6, 6.07) is -0.0711. The first-order valence-electron chi connectivity index (χ1n) is 9.91. The molecule has 3 atom stereocenters. The highest BCUT2D eigenvalue weighted by molar-refractivity contribution is 6.10. The van der Waals surface area contributed by atoms with Gasteiger partial charge >= 0.3 is 17.9 Å². The van der Waals surface area contributed by atoms with Crippen LogP contribution in [0.15, 0.2) is 16.3 Å². The van der Waals surface area contributed by atoms with E-state index >= 15 is 0 Å². The van der Waals surface area contributed by atoms with Crippen LogP contribution < -0.4 is 5.32 Å². The van der Waals surface area contributed by atoms with Crippen molar-refractivity contribution in [3.05, 3.63) is 11.3 Å². The number of nitrogens with one attached hydrogen (secondary N) is 1. The van der Waals surface area contributed by atoms with Gasteiger partial charge in [-0.3, -0.25) is 19.4 Å². The van der Waals surface area contributed by atoms with Crippen LogP contribution in [0, 0.1) is 17.8 Å². The Hall–Kier alpha value is -2.71. The fourth-order valence-electron chi connectivity index (χ4n) is 3.30. The van der Waals surface area contributed by atoms with E-state index in [-0.39, 0.29) is 17.3 Å². The summed E-state index contributed by atoms with van der Waals surface area (Å²) in [5, 5.41) is 2.77. The molecule has 1 amide bonds. The van der Waals surface area contributed by atoms with Gasteiger partial charge in [-0.15, -0.1) is 0 Å². The first-order chi connectivity index (χ1) is 14.0. The fourth-order valence-corrected chi connectivity index (χ4v) is 3.30. The lowest BCUT2D eigenvalue weighted by atomic mass is 9.80. The summed E-state index contributed by atoms with van der Waals surface area (Å²) < 4.78 is 14.7. The highest BCUT2D eigenvalue weighted by Gasteiger charge is 2.46. The van der Waals surface area contributed by atoms with Crippen LogP contribution in [-0.4, -0.2) is 56.4 Å². The largest absolute Gasteiger partial charge is 0.468 e. The first-order valence-corrected chi connectivity index (χ1v) is 9.91. The van der Waals surface area contributed by atoms with Crippen LogP contribution in [0.25, 0.3) is 0 Å². The maximum Gasteiger partial charge on any atom is 0.336 e. The lowest BCUT2D eigenvalue weighted by molar-refractivity contribution is -0.158. The van der Waals surface area contributed by atoms with Crippen molar-refractivity contribution in [2.75, 3.05) is 20.8 Å². The number of esters is 3. The SMILES string of the molecule is COC(=O)C1=C(C)N=C(C)C(C(=O)OC)[C@@H]1C(=O)OCC(=O)N[C@H](C)CCC(C)C. The normalized spacial score (nSPS) is 19.7. The van der Waals surface area contributed by atoms with Gasteiger partial charge in [0.25, 0.3) is 5.91 Å². The van der Waals surface area contributed by atoms with E-state index in [0.29, 0.717) is 11.6 Å². The van der Waals surface area contributed by atoms with Gasteiger partial charge in [-0.05, 0) is 39.5 Å². The summed E-state index contributed by atoms with van der Waals surface area (Å²) in [7, 11) is 2.34. The van der Waals surface area contributed by atoms with Gasteiger partial charge in [0.2, 0.25) is 0 Å². The Morgan fingerprint density at radius 3 is 2.13 bits per heavy atom. The number of hydrogen-bond donors (Lipinski definition) is 1. The van der Waals surface area contributed by atoms with E-state index in [1.54, 1.807) is 6.92 Å². The molecule has 1 unspecified atom stereocenters. The molecule has 1 aliphatic heterocycles. The molecule has 0 aliphatic carbocycles.